The molecule has 102 valence electrons. The smallest absolute Gasteiger partial charge is 0.226 e. The van der Waals surface area contributed by atoms with Gasteiger partial charge in [-0.2, -0.15) is 4.98 Å². The summed E-state index contributed by atoms with van der Waals surface area (Å²) in [4.78, 5) is 4.39. The van der Waals surface area contributed by atoms with Crippen molar-refractivity contribution in [2.75, 3.05) is 26.3 Å². The molecule has 1 aromatic heterocycles. The Bertz CT molecular complexity index is 335. The zero-order valence-corrected chi connectivity index (χ0v) is 11.2. The third kappa shape index (κ3) is 4.38. The number of ether oxygens (including phenoxy) is 1. The quantitative estimate of drug-likeness (QED) is 0.748. The van der Waals surface area contributed by atoms with Gasteiger partial charge in [0.05, 0.1) is 6.61 Å². The Morgan fingerprint density at radius 2 is 2.39 bits per heavy atom. The minimum absolute atomic E-state index is 0.669. The number of nitrogens with one attached hydrogen (secondary N) is 1. The lowest BCUT2D eigenvalue weighted by Gasteiger charge is -2.21. The first-order chi connectivity index (χ1) is 8.88. The number of piperidine rings is 1. The van der Waals surface area contributed by atoms with E-state index in [1.54, 1.807) is 0 Å². The Hall–Kier alpha value is -0.940. The largest absolute Gasteiger partial charge is 0.381 e. The highest BCUT2D eigenvalue weighted by Gasteiger charge is 2.14. The Balaban J connectivity index is 1.69. The fraction of sp³-hybridized carbons (Fsp3) is 0.846. The molecule has 0 spiro atoms. The summed E-state index contributed by atoms with van der Waals surface area (Å²) in [6.45, 7) is 5.69. The monoisotopic (exact) mass is 253 g/mol. The Kier molecular flexibility index (Phi) is 5.61. The molecular weight excluding hydrogens is 230 g/mol. The van der Waals surface area contributed by atoms with Crippen LogP contribution < -0.4 is 5.32 Å². The maximum Gasteiger partial charge on any atom is 0.226 e. The van der Waals surface area contributed by atoms with Gasteiger partial charge in [0.1, 0.15) is 0 Å². The molecule has 1 atom stereocenters. The lowest BCUT2D eigenvalue weighted by Crippen LogP contribution is -2.29. The van der Waals surface area contributed by atoms with Gasteiger partial charge in [-0.15, -0.1) is 0 Å². The van der Waals surface area contributed by atoms with Crippen molar-refractivity contribution in [3.05, 3.63) is 11.7 Å². The standard InChI is InChI=1S/C13H23N3O2/c1-2-17-9-7-12-15-13(18-16-12)6-5-11-4-3-8-14-10-11/h11,14H,2-10H2,1H3. The molecule has 0 aliphatic carbocycles. The molecule has 1 fully saturated rings. The second-order valence-corrected chi connectivity index (χ2v) is 4.80. The van der Waals surface area contributed by atoms with Crippen LogP contribution in [0.2, 0.25) is 0 Å². The first-order valence-corrected chi connectivity index (χ1v) is 6.98. The summed E-state index contributed by atoms with van der Waals surface area (Å²) >= 11 is 0. The van der Waals surface area contributed by atoms with Crippen molar-refractivity contribution >= 4 is 0 Å². The van der Waals surface area contributed by atoms with E-state index in [2.05, 4.69) is 15.5 Å². The van der Waals surface area contributed by atoms with Gasteiger partial charge in [-0.3, -0.25) is 0 Å². The van der Waals surface area contributed by atoms with Crippen molar-refractivity contribution in [2.24, 2.45) is 5.92 Å². The van der Waals surface area contributed by atoms with Crippen molar-refractivity contribution in [3.8, 4) is 0 Å². The highest BCUT2D eigenvalue weighted by molar-refractivity contribution is 4.87. The van der Waals surface area contributed by atoms with E-state index in [0.717, 1.165) is 50.0 Å². The van der Waals surface area contributed by atoms with E-state index in [-0.39, 0.29) is 0 Å². The average molecular weight is 253 g/mol. The van der Waals surface area contributed by atoms with Gasteiger partial charge in [0.2, 0.25) is 5.89 Å². The first kappa shape index (κ1) is 13.5. The molecule has 1 aromatic rings. The van der Waals surface area contributed by atoms with Crippen molar-refractivity contribution in [2.45, 2.75) is 39.0 Å². The summed E-state index contributed by atoms with van der Waals surface area (Å²) in [5.41, 5.74) is 0. The minimum atomic E-state index is 0.669. The summed E-state index contributed by atoms with van der Waals surface area (Å²) in [5, 5.41) is 7.40. The molecule has 0 aromatic carbocycles. The van der Waals surface area contributed by atoms with Crippen LogP contribution in [0.1, 0.15) is 37.9 Å². The number of hydrogen-bond donors (Lipinski definition) is 1. The Labute approximate surface area is 108 Å². The molecule has 5 heteroatoms. The highest BCUT2D eigenvalue weighted by atomic mass is 16.5. The molecule has 0 radical (unpaired) electrons. The lowest BCUT2D eigenvalue weighted by atomic mass is 9.95. The molecule has 1 aliphatic rings. The van der Waals surface area contributed by atoms with E-state index in [9.17, 15) is 0 Å². The van der Waals surface area contributed by atoms with Gasteiger partial charge in [0.15, 0.2) is 5.82 Å². The number of aryl methyl sites for hydroxylation is 1. The fourth-order valence-electron chi connectivity index (χ4n) is 2.30. The SMILES string of the molecule is CCOCCc1noc(CCC2CCCNC2)n1. The molecule has 2 heterocycles. The zero-order valence-electron chi connectivity index (χ0n) is 11.2. The van der Waals surface area contributed by atoms with E-state index in [0.29, 0.717) is 6.61 Å². The van der Waals surface area contributed by atoms with Crippen LogP contribution in [0.25, 0.3) is 0 Å². The molecule has 5 nitrogen and oxygen atoms in total. The molecule has 2 rings (SSSR count). The van der Waals surface area contributed by atoms with Crippen LogP contribution >= 0.6 is 0 Å². The molecule has 1 unspecified atom stereocenters. The topological polar surface area (TPSA) is 60.2 Å². The minimum Gasteiger partial charge on any atom is -0.381 e. The molecule has 1 N–H and O–H groups in total. The Morgan fingerprint density at radius 1 is 1.44 bits per heavy atom. The maximum atomic E-state index is 5.27. The normalized spacial score (nSPS) is 20.2. The van der Waals surface area contributed by atoms with Crippen LogP contribution in [-0.4, -0.2) is 36.4 Å². The van der Waals surface area contributed by atoms with Crippen LogP contribution in [0.3, 0.4) is 0 Å². The molecule has 18 heavy (non-hydrogen) atoms. The zero-order chi connectivity index (χ0) is 12.6. The summed E-state index contributed by atoms with van der Waals surface area (Å²) < 4.78 is 10.5. The van der Waals surface area contributed by atoms with Crippen molar-refractivity contribution in [3.63, 3.8) is 0 Å². The van der Waals surface area contributed by atoms with E-state index in [4.69, 9.17) is 9.26 Å². The van der Waals surface area contributed by atoms with Gasteiger partial charge >= 0.3 is 0 Å². The second-order valence-electron chi connectivity index (χ2n) is 4.80. The van der Waals surface area contributed by atoms with Crippen molar-refractivity contribution in [1.29, 1.82) is 0 Å². The molecule has 1 aliphatic heterocycles. The summed E-state index contributed by atoms with van der Waals surface area (Å²) in [5.74, 6) is 2.30. The maximum absolute atomic E-state index is 5.27. The number of rotatable bonds is 7. The molecule has 0 amide bonds. The predicted molar refractivity (Wildman–Crippen MR) is 68.4 cm³/mol. The van der Waals surface area contributed by atoms with Gasteiger partial charge in [-0.05, 0) is 45.2 Å². The third-order valence-electron chi connectivity index (χ3n) is 3.35. The summed E-state index contributed by atoms with van der Waals surface area (Å²) in [7, 11) is 0. The van der Waals surface area contributed by atoms with Crippen LogP contribution in [0.15, 0.2) is 4.52 Å². The van der Waals surface area contributed by atoms with Crippen molar-refractivity contribution < 1.29 is 9.26 Å². The van der Waals surface area contributed by atoms with Gasteiger partial charge in [0, 0.05) is 19.4 Å². The van der Waals surface area contributed by atoms with E-state index >= 15 is 0 Å². The summed E-state index contributed by atoms with van der Waals surface area (Å²) in [6, 6.07) is 0. The van der Waals surface area contributed by atoms with Crippen LogP contribution in [0.5, 0.6) is 0 Å². The third-order valence-corrected chi connectivity index (χ3v) is 3.35. The summed E-state index contributed by atoms with van der Waals surface area (Å²) in [6.07, 6.45) is 5.38. The first-order valence-electron chi connectivity index (χ1n) is 6.98. The predicted octanol–water partition coefficient (Wildman–Crippen LogP) is 1.58. The van der Waals surface area contributed by atoms with Gasteiger partial charge < -0.3 is 14.6 Å². The van der Waals surface area contributed by atoms with E-state index < -0.39 is 0 Å². The van der Waals surface area contributed by atoms with Crippen LogP contribution in [-0.2, 0) is 17.6 Å². The Morgan fingerprint density at radius 3 is 3.17 bits per heavy atom. The average Bonchev–Trinajstić information content (AvgIpc) is 2.86. The number of aromatic nitrogens is 2. The molecule has 0 saturated carbocycles. The molecular formula is C13H23N3O2. The number of nitrogens with zero attached hydrogens (tertiary/aromatic N) is 2. The highest BCUT2D eigenvalue weighted by Crippen LogP contribution is 2.16. The van der Waals surface area contributed by atoms with Crippen LogP contribution in [0.4, 0.5) is 0 Å². The van der Waals surface area contributed by atoms with E-state index in [1.807, 2.05) is 6.92 Å². The molecule has 0 bridgehead atoms. The fourth-order valence-corrected chi connectivity index (χ4v) is 2.30. The van der Waals surface area contributed by atoms with Gasteiger partial charge in [-0.1, -0.05) is 5.16 Å². The van der Waals surface area contributed by atoms with Gasteiger partial charge in [-0.25, -0.2) is 0 Å². The second kappa shape index (κ2) is 7.48. The number of hydrogen-bond acceptors (Lipinski definition) is 5. The van der Waals surface area contributed by atoms with E-state index in [1.165, 1.54) is 19.4 Å². The lowest BCUT2D eigenvalue weighted by molar-refractivity contribution is 0.149. The van der Waals surface area contributed by atoms with Crippen LogP contribution in [0, 0.1) is 5.92 Å². The van der Waals surface area contributed by atoms with Gasteiger partial charge in [0.25, 0.3) is 0 Å². The van der Waals surface area contributed by atoms with Crippen molar-refractivity contribution in [1.82, 2.24) is 15.5 Å². The molecule has 1 saturated heterocycles.